The fourth-order valence-corrected chi connectivity index (χ4v) is 9.92. The molecule has 312 valence electrons. The van der Waals surface area contributed by atoms with Crippen LogP contribution in [0.3, 0.4) is 0 Å². The van der Waals surface area contributed by atoms with Crippen LogP contribution in [0.15, 0.2) is 79.1 Å². The van der Waals surface area contributed by atoms with Crippen molar-refractivity contribution in [3.63, 3.8) is 0 Å². The first-order valence-corrected chi connectivity index (χ1v) is 21.5. The highest BCUT2D eigenvalue weighted by molar-refractivity contribution is 6.23. The Morgan fingerprint density at radius 3 is 2.34 bits per heavy atom. The fourth-order valence-electron chi connectivity index (χ4n) is 9.92. The normalized spacial score (nSPS) is 21.5. The lowest BCUT2D eigenvalue weighted by Crippen LogP contribution is -2.65. The lowest BCUT2D eigenvalue weighted by atomic mass is 9.95. The summed E-state index contributed by atoms with van der Waals surface area (Å²) in [5.74, 6) is -0.109. The van der Waals surface area contributed by atoms with Crippen molar-refractivity contribution in [1.82, 2.24) is 34.6 Å². The van der Waals surface area contributed by atoms with Crippen molar-refractivity contribution in [2.24, 2.45) is 5.92 Å². The van der Waals surface area contributed by atoms with Gasteiger partial charge in [-0.15, -0.1) is 0 Å². The molecule has 0 spiro atoms. The fraction of sp³-hybridized carbons (Fsp3) is 0.391. The van der Waals surface area contributed by atoms with Crippen LogP contribution in [0.25, 0.3) is 22.2 Å². The summed E-state index contributed by atoms with van der Waals surface area (Å²) in [5.41, 5.74) is 6.76. The summed E-state index contributed by atoms with van der Waals surface area (Å²) < 4.78 is 8.27. The molecule has 1 atom stereocenters. The number of fused-ring (bicyclic) bond motifs is 2. The highest BCUT2D eigenvalue weighted by Gasteiger charge is 2.45. The number of hydrogen-bond donors (Lipinski definition) is 2. The second-order valence-corrected chi connectivity index (χ2v) is 17.3. The van der Waals surface area contributed by atoms with Crippen LogP contribution < -0.4 is 25.2 Å². The van der Waals surface area contributed by atoms with Gasteiger partial charge in [0, 0.05) is 130 Å². The number of amides is 4. The van der Waals surface area contributed by atoms with E-state index >= 15 is 0 Å². The summed E-state index contributed by atoms with van der Waals surface area (Å²) >= 11 is 0. The Morgan fingerprint density at radius 2 is 1.56 bits per heavy atom. The largest absolute Gasteiger partial charge is 0.494 e. The number of imide groups is 2. The smallest absolute Gasteiger partial charge is 0.262 e. The minimum absolute atomic E-state index is 0.103. The van der Waals surface area contributed by atoms with E-state index in [-0.39, 0.29) is 18.7 Å². The SMILES string of the molecule is COc1cc(N2CCN(C3CN(CC4CN(c5ccc6c(c5)C(=O)N(C5CCC(=O)NC5=O)C6=O)C4)C3)CC2)ccc1Nc1nccc(-c2cn(C3CC3)c3ccccc23)n1. The van der Waals surface area contributed by atoms with Gasteiger partial charge in [-0.3, -0.25) is 39.2 Å². The molecular weight excluding hydrogens is 773 g/mol. The van der Waals surface area contributed by atoms with Crippen molar-refractivity contribution >= 4 is 57.5 Å². The number of hydrogen-bond acceptors (Lipinski definition) is 12. The third kappa shape index (κ3) is 6.85. The monoisotopic (exact) mass is 820 g/mol. The zero-order valence-corrected chi connectivity index (χ0v) is 34.1. The molecule has 15 nitrogen and oxygen atoms in total. The van der Waals surface area contributed by atoms with Crippen LogP contribution in [0, 0.1) is 5.92 Å². The van der Waals surface area contributed by atoms with E-state index < -0.39 is 23.8 Å². The summed E-state index contributed by atoms with van der Waals surface area (Å²) in [4.78, 5) is 70.8. The maximum absolute atomic E-state index is 13.3. The first-order chi connectivity index (χ1) is 29.8. The average Bonchev–Trinajstić information content (AvgIpc) is 3.97. The second kappa shape index (κ2) is 15.0. The molecule has 6 aliphatic rings. The summed E-state index contributed by atoms with van der Waals surface area (Å²) in [7, 11) is 1.70. The third-order valence-electron chi connectivity index (χ3n) is 13.4. The molecule has 0 bridgehead atoms. The molecule has 4 amide bonds. The first-order valence-electron chi connectivity index (χ1n) is 21.5. The summed E-state index contributed by atoms with van der Waals surface area (Å²) in [6.07, 6.45) is 6.75. The molecule has 5 aromatic rings. The van der Waals surface area contributed by atoms with Gasteiger partial charge < -0.3 is 24.4 Å². The number of likely N-dealkylation sites (tertiary alicyclic amines) is 1. The molecule has 1 aliphatic carbocycles. The number of piperidine rings is 1. The van der Waals surface area contributed by atoms with Gasteiger partial charge in [0.15, 0.2) is 0 Å². The van der Waals surface area contributed by atoms with Gasteiger partial charge >= 0.3 is 0 Å². The number of rotatable bonds is 11. The van der Waals surface area contributed by atoms with Gasteiger partial charge in [0.1, 0.15) is 11.8 Å². The lowest BCUT2D eigenvalue weighted by Gasteiger charge is -2.51. The van der Waals surface area contributed by atoms with E-state index in [1.807, 2.05) is 18.3 Å². The van der Waals surface area contributed by atoms with Gasteiger partial charge in [-0.05, 0) is 61.7 Å². The Kier molecular flexibility index (Phi) is 9.26. The van der Waals surface area contributed by atoms with Crippen molar-refractivity contribution in [3.8, 4) is 17.0 Å². The summed E-state index contributed by atoms with van der Waals surface area (Å²) in [6.45, 7) is 8.88. The van der Waals surface area contributed by atoms with Gasteiger partial charge in [0.2, 0.25) is 17.8 Å². The summed E-state index contributed by atoms with van der Waals surface area (Å²) in [5, 5.41) is 6.88. The number of para-hydroxylation sites is 1. The van der Waals surface area contributed by atoms with E-state index in [1.165, 1.54) is 23.7 Å². The third-order valence-corrected chi connectivity index (χ3v) is 13.4. The highest BCUT2D eigenvalue weighted by atomic mass is 16.5. The predicted molar refractivity (Wildman–Crippen MR) is 230 cm³/mol. The van der Waals surface area contributed by atoms with Crippen molar-refractivity contribution in [3.05, 3.63) is 90.3 Å². The zero-order chi connectivity index (χ0) is 41.4. The van der Waals surface area contributed by atoms with Gasteiger partial charge in [0.05, 0.1) is 29.6 Å². The molecule has 0 radical (unpaired) electrons. The first kappa shape index (κ1) is 37.7. The molecule has 2 aromatic heterocycles. The van der Waals surface area contributed by atoms with Crippen LogP contribution in [0.2, 0.25) is 0 Å². The number of anilines is 4. The number of aromatic nitrogens is 3. The van der Waals surface area contributed by atoms with Crippen molar-refractivity contribution in [2.45, 2.75) is 43.8 Å². The molecule has 3 aromatic carbocycles. The van der Waals surface area contributed by atoms with Gasteiger partial charge in [-0.2, -0.15) is 0 Å². The van der Waals surface area contributed by atoms with Crippen LogP contribution in [0.5, 0.6) is 5.75 Å². The van der Waals surface area contributed by atoms with E-state index in [0.717, 1.165) is 97.9 Å². The molecule has 5 aliphatic heterocycles. The number of ether oxygens (including phenoxy) is 1. The minimum Gasteiger partial charge on any atom is -0.494 e. The number of methoxy groups -OCH3 is 1. The molecule has 1 unspecified atom stereocenters. The van der Waals surface area contributed by atoms with Crippen LogP contribution in [0.1, 0.15) is 52.4 Å². The molecule has 4 saturated heterocycles. The van der Waals surface area contributed by atoms with Gasteiger partial charge in [0.25, 0.3) is 11.8 Å². The summed E-state index contributed by atoms with van der Waals surface area (Å²) in [6, 6.07) is 22.4. The predicted octanol–water partition coefficient (Wildman–Crippen LogP) is 4.53. The second-order valence-electron chi connectivity index (χ2n) is 17.3. The number of nitrogens with one attached hydrogen (secondary N) is 2. The van der Waals surface area contributed by atoms with E-state index in [0.29, 0.717) is 35.1 Å². The van der Waals surface area contributed by atoms with Crippen LogP contribution in [-0.4, -0.2) is 131 Å². The van der Waals surface area contributed by atoms with Crippen LogP contribution in [-0.2, 0) is 9.59 Å². The highest BCUT2D eigenvalue weighted by Crippen LogP contribution is 2.41. The van der Waals surface area contributed by atoms with E-state index in [2.05, 4.69) is 88.4 Å². The number of nitrogens with zero attached hydrogens (tertiary/aromatic N) is 8. The van der Waals surface area contributed by atoms with Crippen LogP contribution >= 0.6 is 0 Å². The topological polar surface area (TPSA) is 148 Å². The Labute approximate surface area is 353 Å². The van der Waals surface area contributed by atoms with Crippen molar-refractivity contribution in [2.75, 3.05) is 81.1 Å². The van der Waals surface area contributed by atoms with E-state index in [1.54, 1.807) is 19.2 Å². The lowest BCUT2D eigenvalue weighted by molar-refractivity contribution is -0.136. The molecule has 1 saturated carbocycles. The number of benzene rings is 3. The molecule has 15 heteroatoms. The molecule has 11 rings (SSSR count). The standard InChI is InChI=1S/C46H48N10O5/c1-61-41-21-31(9-11-38(41)49-46-47-15-14-37(48-46)36-27-55(29-6-7-29)39-5-3-2-4-33(36)39)52-16-18-53(19-17-52)32-25-51(26-32)22-28-23-54(24-28)30-8-10-34-35(20-30)45(60)56(44(34)59)40-12-13-42(57)50-43(40)58/h2-5,8-11,14-15,20-21,27-29,32,40H,6-7,12-13,16-19,22-26H2,1H3,(H,47,48,49)(H,50,57,58). The molecule has 2 N–H and O–H groups in total. The zero-order valence-electron chi connectivity index (χ0n) is 34.1. The van der Waals surface area contributed by atoms with E-state index in [4.69, 9.17) is 9.72 Å². The van der Waals surface area contributed by atoms with Gasteiger partial charge in [-0.25, -0.2) is 9.97 Å². The number of carbonyl (C=O) groups excluding carboxylic acids is 4. The maximum atomic E-state index is 13.3. The molecule has 61 heavy (non-hydrogen) atoms. The molecular formula is C46H48N10O5. The Bertz CT molecular complexity index is 2590. The van der Waals surface area contributed by atoms with Crippen molar-refractivity contribution < 1.29 is 23.9 Å². The Hall–Kier alpha value is -6.32. The van der Waals surface area contributed by atoms with E-state index in [9.17, 15) is 19.2 Å². The molecule has 7 heterocycles. The Balaban J connectivity index is 0.651. The van der Waals surface area contributed by atoms with Gasteiger partial charge in [-0.1, -0.05) is 18.2 Å². The number of piperazine rings is 1. The average molecular weight is 821 g/mol. The van der Waals surface area contributed by atoms with Crippen molar-refractivity contribution in [1.29, 1.82) is 0 Å². The molecule has 5 fully saturated rings. The number of carbonyl (C=O) groups is 4. The minimum atomic E-state index is -0.958. The van der Waals surface area contributed by atoms with Crippen LogP contribution in [0.4, 0.5) is 23.0 Å². The Morgan fingerprint density at radius 1 is 0.787 bits per heavy atom. The quantitative estimate of drug-likeness (QED) is 0.181. The maximum Gasteiger partial charge on any atom is 0.262 e.